The Kier molecular flexibility index (Phi) is 7.11. The average Bonchev–Trinajstić information content (AvgIpc) is 3.51. The van der Waals surface area contributed by atoms with Gasteiger partial charge in [0.1, 0.15) is 11.5 Å². The van der Waals surface area contributed by atoms with Gasteiger partial charge in [-0.25, -0.2) is 9.59 Å². The van der Waals surface area contributed by atoms with Gasteiger partial charge >= 0.3 is 11.9 Å². The van der Waals surface area contributed by atoms with E-state index in [9.17, 15) is 14.9 Å². The molecule has 0 saturated heterocycles. The standard InChI is InChI=1S/C30H23N5O5/c1-38-29(36)24-23(18-9-5-3-6-10-18)22(17-31)26(32)35(25(24)30(37)39-2)21-15-13-20(14-16-21)28-33-27(34-40-28)19-11-7-4-8-12-19/h3-16,23H,32H2,1-2H3. The summed E-state index contributed by atoms with van der Waals surface area (Å²) in [6.45, 7) is 0. The minimum absolute atomic E-state index is 0.0266. The highest BCUT2D eigenvalue weighted by Crippen LogP contribution is 2.43. The largest absolute Gasteiger partial charge is 0.466 e. The van der Waals surface area contributed by atoms with Crippen LogP contribution in [0.15, 0.2) is 112 Å². The van der Waals surface area contributed by atoms with Gasteiger partial charge in [-0.05, 0) is 29.8 Å². The van der Waals surface area contributed by atoms with Crippen molar-refractivity contribution in [1.29, 1.82) is 5.26 Å². The fourth-order valence-electron chi connectivity index (χ4n) is 4.58. The molecule has 10 heteroatoms. The second-order valence-electron chi connectivity index (χ2n) is 8.67. The minimum Gasteiger partial charge on any atom is -0.466 e. The number of benzene rings is 3. The van der Waals surface area contributed by atoms with E-state index in [1.807, 2.05) is 30.3 Å². The highest BCUT2D eigenvalue weighted by Gasteiger charge is 2.43. The van der Waals surface area contributed by atoms with Crippen LogP contribution in [0.2, 0.25) is 0 Å². The van der Waals surface area contributed by atoms with E-state index in [-0.39, 0.29) is 28.6 Å². The Labute approximate surface area is 229 Å². The molecule has 3 aromatic carbocycles. The van der Waals surface area contributed by atoms with E-state index in [4.69, 9.17) is 19.7 Å². The average molecular weight is 534 g/mol. The molecule has 0 bridgehead atoms. The van der Waals surface area contributed by atoms with Crippen LogP contribution in [0.1, 0.15) is 11.5 Å². The summed E-state index contributed by atoms with van der Waals surface area (Å²) < 4.78 is 15.6. The van der Waals surface area contributed by atoms with Crippen molar-refractivity contribution >= 4 is 17.6 Å². The van der Waals surface area contributed by atoms with Gasteiger partial charge in [0.2, 0.25) is 5.82 Å². The van der Waals surface area contributed by atoms with Gasteiger partial charge in [0.05, 0.1) is 37.4 Å². The quantitative estimate of drug-likeness (QED) is 0.356. The van der Waals surface area contributed by atoms with Crippen molar-refractivity contribution in [1.82, 2.24) is 10.1 Å². The molecule has 40 heavy (non-hydrogen) atoms. The highest BCUT2D eigenvalue weighted by molar-refractivity contribution is 6.06. The third-order valence-corrected chi connectivity index (χ3v) is 6.44. The van der Waals surface area contributed by atoms with Crippen molar-refractivity contribution in [3.63, 3.8) is 0 Å². The first-order valence-corrected chi connectivity index (χ1v) is 12.1. The Bertz CT molecular complexity index is 1670. The lowest BCUT2D eigenvalue weighted by Crippen LogP contribution is -2.40. The van der Waals surface area contributed by atoms with Crippen LogP contribution in [-0.2, 0) is 19.1 Å². The maximum atomic E-state index is 13.2. The van der Waals surface area contributed by atoms with E-state index in [2.05, 4.69) is 16.2 Å². The second-order valence-corrected chi connectivity index (χ2v) is 8.67. The minimum atomic E-state index is -0.946. The molecule has 1 aliphatic heterocycles. The van der Waals surface area contributed by atoms with Crippen LogP contribution in [0.4, 0.5) is 5.69 Å². The molecule has 1 atom stereocenters. The molecule has 2 heterocycles. The molecular formula is C30H23N5O5. The lowest BCUT2D eigenvalue weighted by molar-refractivity contribution is -0.139. The summed E-state index contributed by atoms with van der Waals surface area (Å²) >= 11 is 0. The lowest BCUT2D eigenvalue weighted by atomic mass is 9.81. The van der Waals surface area contributed by atoms with Gasteiger partial charge in [-0.3, -0.25) is 4.90 Å². The number of allylic oxidation sites excluding steroid dienone is 1. The van der Waals surface area contributed by atoms with E-state index >= 15 is 0 Å². The van der Waals surface area contributed by atoms with Crippen LogP contribution >= 0.6 is 0 Å². The van der Waals surface area contributed by atoms with Gasteiger partial charge in [-0.2, -0.15) is 10.2 Å². The van der Waals surface area contributed by atoms with Gasteiger partial charge in [0.25, 0.3) is 5.89 Å². The summed E-state index contributed by atoms with van der Waals surface area (Å²) in [6.07, 6.45) is 0. The molecule has 0 saturated carbocycles. The number of esters is 2. The molecular weight excluding hydrogens is 510 g/mol. The number of hydrogen-bond acceptors (Lipinski definition) is 10. The van der Waals surface area contributed by atoms with Crippen LogP contribution in [0.3, 0.4) is 0 Å². The first kappa shape index (κ1) is 25.9. The summed E-state index contributed by atoms with van der Waals surface area (Å²) in [4.78, 5) is 32.2. The van der Waals surface area contributed by atoms with Crippen LogP contribution in [0.25, 0.3) is 22.8 Å². The molecule has 0 fully saturated rings. The van der Waals surface area contributed by atoms with E-state index in [1.54, 1.807) is 54.6 Å². The molecule has 1 aliphatic rings. The predicted molar refractivity (Wildman–Crippen MR) is 145 cm³/mol. The number of carbonyl (C=O) groups excluding carboxylic acids is 2. The Balaban J connectivity index is 1.62. The monoisotopic (exact) mass is 533 g/mol. The van der Waals surface area contributed by atoms with Crippen LogP contribution < -0.4 is 10.6 Å². The number of hydrogen-bond donors (Lipinski definition) is 1. The topological polar surface area (TPSA) is 145 Å². The number of anilines is 1. The third kappa shape index (κ3) is 4.56. The van der Waals surface area contributed by atoms with E-state index in [1.165, 1.54) is 19.1 Å². The summed E-state index contributed by atoms with van der Waals surface area (Å²) in [7, 11) is 2.40. The number of ether oxygens (including phenoxy) is 2. The summed E-state index contributed by atoms with van der Waals surface area (Å²) in [6, 6.07) is 27.1. The van der Waals surface area contributed by atoms with Gasteiger partial charge in [-0.1, -0.05) is 65.8 Å². The molecule has 198 valence electrons. The van der Waals surface area contributed by atoms with Crippen LogP contribution in [0, 0.1) is 11.3 Å². The maximum Gasteiger partial charge on any atom is 0.355 e. The molecule has 1 aromatic heterocycles. The Morgan fingerprint density at radius 3 is 2.12 bits per heavy atom. The Hall–Kier alpha value is -5.69. The normalized spacial score (nSPS) is 15.0. The number of rotatable bonds is 6. The van der Waals surface area contributed by atoms with Crippen molar-refractivity contribution in [2.75, 3.05) is 19.1 Å². The third-order valence-electron chi connectivity index (χ3n) is 6.44. The zero-order chi connectivity index (χ0) is 28.2. The molecule has 0 radical (unpaired) electrons. The molecule has 0 amide bonds. The SMILES string of the molecule is COC(=O)C1=C(C(=O)OC)N(c2ccc(-c3nc(-c4ccccc4)no3)cc2)C(N)=C(C#N)C1c1ccccc1. The number of nitrogens with two attached hydrogens (primary N) is 1. The molecule has 2 N–H and O–H groups in total. The first-order chi connectivity index (χ1) is 19.5. The van der Waals surface area contributed by atoms with E-state index < -0.39 is 17.9 Å². The lowest BCUT2D eigenvalue weighted by Gasteiger charge is -2.35. The van der Waals surface area contributed by atoms with Crippen LogP contribution in [-0.4, -0.2) is 36.3 Å². The Morgan fingerprint density at radius 2 is 1.52 bits per heavy atom. The van der Waals surface area contributed by atoms with Gasteiger partial charge < -0.3 is 19.7 Å². The number of nitrogens with zero attached hydrogens (tertiary/aromatic N) is 4. The molecule has 1 unspecified atom stereocenters. The van der Waals surface area contributed by atoms with Gasteiger partial charge in [0, 0.05) is 16.8 Å². The molecule has 0 aliphatic carbocycles. The fourth-order valence-corrected chi connectivity index (χ4v) is 4.58. The van der Waals surface area contributed by atoms with Crippen molar-refractivity contribution in [2.24, 2.45) is 5.73 Å². The molecule has 10 nitrogen and oxygen atoms in total. The maximum absolute atomic E-state index is 13.2. The van der Waals surface area contributed by atoms with E-state index in [0.717, 1.165) is 5.56 Å². The number of methoxy groups -OCH3 is 2. The summed E-state index contributed by atoms with van der Waals surface area (Å²) in [5, 5.41) is 14.2. The van der Waals surface area contributed by atoms with E-state index in [0.29, 0.717) is 22.6 Å². The van der Waals surface area contributed by atoms with Gasteiger partial charge in [0.15, 0.2) is 0 Å². The van der Waals surface area contributed by atoms with Crippen molar-refractivity contribution < 1.29 is 23.6 Å². The summed E-state index contributed by atoms with van der Waals surface area (Å²) in [5.41, 5.74) is 8.79. The highest BCUT2D eigenvalue weighted by atomic mass is 16.5. The zero-order valence-electron chi connectivity index (χ0n) is 21.6. The van der Waals surface area contributed by atoms with Crippen molar-refractivity contribution in [2.45, 2.75) is 5.92 Å². The van der Waals surface area contributed by atoms with Crippen molar-refractivity contribution in [3.8, 4) is 28.9 Å². The number of nitriles is 1. The number of carbonyl (C=O) groups is 2. The summed E-state index contributed by atoms with van der Waals surface area (Å²) in [5.74, 6) is -1.87. The first-order valence-electron chi connectivity index (χ1n) is 12.1. The van der Waals surface area contributed by atoms with Crippen molar-refractivity contribution in [3.05, 3.63) is 113 Å². The van der Waals surface area contributed by atoms with Gasteiger partial charge in [-0.15, -0.1) is 0 Å². The smallest absolute Gasteiger partial charge is 0.355 e. The molecule has 0 spiro atoms. The van der Waals surface area contributed by atoms with Crippen LogP contribution in [0.5, 0.6) is 0 Å². The predicted octanol–water partition coefficient (Wildman–Crippen LogP) is 4.30. The fraction of sp³-hybridized carbons (Fsp3) is 0.100. The molecule has 5 rings (SSSR count). The number of aromatic nitrogens is 2. The second kappa shape index (κ2) is 11.0. The zero-order valence-corrected chi connectivity index (χ0v) is 21.6. The molecule has 4 aromatic rings. The Morgan fingerprint density at radius 1 is 0.900 bits per heavy atom.